The average Bonchev–Trinajstić information content (AvgIpc) is 2.24. The minimum Gasteiger partial charge on any atom is -0.377 e. The van der Waals surface area contributed by atoms with Gasteiger partial charge in [0.25, 0.3) is 0 Å². The van der Waals surface area contributed by atoms with Crippen LogP contribution in [0, 0.1) is 6.92 Å². The Morgan fingerprint density at radius 1 is 1.33 bits per heavy atom. The maximum atomic E-state index is 11.5. The molecule has 6 nitrogen and oxygen atoms in total. The summed E-state index contributed by atoms with van der Waals surface area (Å²) in [6, 6.07) is 0. The smallest absolute Gasteiger partial charge is 0.214 e. The molecule has 102 valence electrons. The third kappa shape index (κ3) is 5.07. The van der Waals surface area contributed by atoms with Crippen LogP contribution in [0.4, 0.5) is 0 Å². The van der Waals surface area contributed by atoms with E-state index in [1.165, 1.54) is 0 Å². The number of primary sulfonamides is 1. The fourth-order valence-corrected chi connectivity index (χ4v) is 2.00. The number of sulfonamides is 1. The van der Waals surface area contributed by atoms with Crippen molar-refractivity contribution in [2.24, 2.45) is 5.14 Å². The van der Waals surface area contributed by atoms with Gasteiger partial charge in [0.1, 0.15) is 5.25 Å². The van der Waals surface area contributed by atoms with Crippen LogP contribution in [-0.2, 0) is 21.2 Å². The summed E-state index contributed by atoms with van der Waals surface area (Å²) >= 11 is 0. The van der Waals surface area contributed by atoms with Gasteiger partial charge in [0, 0.05) is 18.8 Å². The number of hydrogen-bond donors (Lipinski definition) is 1. The Hall–Kier alpha value is -1.05. The summed E-state index contributed by atoms with van der Waals surface area (Å²) in [5.41, 5.74) is 1.37. The molecule has 0 aromatic carbocycles. The molecule has 0 amide bonds. The molecule has 2 N–H and O–H groups in total. The lowest BCUT2D eigenvalue weighted by Crippen LogP contribution is -2.35. The van der Waals surface area contributed by atoms with Crippen molar-refractivity contribution < 1.29 is 13.2 Å². The fraction of sp³-hybridized carbons (Fsp3) is 0.636. The van der Waals surface area contributed by atoms with E-state index in [1.807, 2.05) is 20.8 Å². The van der Waals surface area contributed by atoms with Crippen LogP contribution in [0.2, 0.25) is 0 Å². The number of ether oxygens (including phenoxy) is 1. The predicted molar refractivity (Wildman–Crippen MR) is 68.5 cm³/mol. The second-order valence-electron chi connectivity index (χ2n) is 4.45. The monoisotopic (exact) mass is 273 g/mol. The van der Waals surface area contributed by atoms with E-state index in [-0.39, 0.29) is 19.1 Å². The van der Waals surface area contributed by atoms with Crippen molar-refractivity contribution in [2.45, 2.75) is 38.5 Å². The van der Waals surface area contributed by atoms with Crippen molar-refractivity contribution >= 4 is 10.0 Å². The van der Waals surface area contributed by atoms with Crippen LogP contribution in [0.15, 0.2) is 12.4 Å². The van der Waals surface area contributed by atoms with Gasteiger partial charge in [0.05, 0.1) is 24.1 Å². The molecule has 0 aliphatic carbocycles. The van der Waals surface area contributed by atoms with Crippen molar-refractivity contribution in [2.75, 3.05) is 6.61 Å². The van der Waals surface area contributed by atoms with Crippen LogP contribution in [-0.4, -0.2) is 36.3 Å². The SMILES string of the molecule is Cc1cnc(C[C@H](COC(C)C)S(N)(=O)=O)cn1. The lowest BCUT2D eigenvalue weighted by molar-refractivity contribution is 0.0785. The molecule has 0 fully saturated rings. The molecule has 0 spiro atoms. The van der Waals surface area contributed by atoms with Crippen LogP contribution in [0.3, 0.4) is 0 Å². The van der Waals surface area contributed by atoms with Crippen molar-refractivity contribution in [3.8, 4) is 0 Å². The lowest BCUT2D eigenvalue weighted by Gasteiger charge is -2.16. The highest BCUT2D eigenvalue weighted by Crippen LogP contribution is 2.07. The molecule has 1 atom stereocenters. The van der Waals surface area contributed by atoms with E-state index in [1.54, 1.807) is 12.4 Å². The van der Waals surface area contributed by atoms with Gasteiger partial charge in [-0.2, -0.15) is 0 Å². The van der Waals surface area contributed by atoms with Gasteiger partial charge in [-0.05, 0) is 20.8 Å². The molecule has 1 heterocycles. The number of nitrogens with two attached hydrogens (primary N) is 1. The zero-order valence-electron chi connectivity index (χ0n) is 10.8. The van der Waals surface area contributed by atoms with Crippen LogP contribution >= 0.6 is 0 Å². The maximum absolute atomic E-state index is 11.5. The quantitative estimate of drug-likeness (QED) is 0.810. The zero-order valence-corrected chi connectivity index (χ0v) is 11.6. The Bertz CT molecular complexity index is 471. The summed E-state index contributed by atoms with van der Waals surface area (Å²) in [5, 5.41) is 4.39. The lowest BCUT2D eigenvalue weighted by atomic mass is 10.2. The van der Waals surface area contributed by atoms with Crippen molar-refractivity contribution in [1.29, 1.82) is 0 Å². The summed E-state index contributed by atoms with van der Waals surface area (Å²) in [4.78, 5) is 8.19. The number of hydrogen-bond acceptors (Lipinski definition) is 5. The van der Waals surface area contributed by atoms with Crippen LogP contribution < -0.4 is 5.14 Å². The number of aryl methyl sites for hydroxylation is 1. The summed E-state index contributed by atoms with van der Waals surface area (Å²) in [6.07, 6.45) is 3.32. The minimum absolute atomic E-state index is 0.0432. The van der Waals surface area contributed by atoms with Gasteiger partial charge in [0.15, 0.2) is 0 Å². The van der Waals surface area contributed by atoms with E-state index in [9.17, 15) is 8.42 Å². The van der Waals surface area contributed by atoms with E-state index in [4.69, 9.17) is 9.88 Å². The van der Waals surface area contributed by atoms with Gasteiger partial charge in [0.2, 0.25) is 10.0 Å². The third-order valence-electron chi connectivity index (χ3n) is 2.35. The van der Waals surface area contributed by atoms with Crippen molar-refractivity contribution in [3.63, 3.8) is 0 Å². The second-order valence-corrected chi connectivity index (χ2v) is 6.29. The molecular weight excluding hydrogens is 254 g/mol. The zero-order chi connectivity index (χ0) is 13.8. The molecular formula is C11H19N3O3S. The molecule has 0 aliphatic heterocycles. The van der Waals surface area contributed by atoms with Gasteiger partial charge in [-0.25, -0.2) is 13.6 Å². The topological polar surface area (TPSA) is 95.2 Å². The highest BCUT2D eigenvalue weighted by molar-refractivity contribution is 7.89. The first-order valence-corrected chi connectivity index (χ1v) is 7.30. The predicted octanol–water partition coefficient (Wildman–Crippen LogP) is 0.410. The molecule has 7 heteroatoms. The second kappa shape index (κ2) is 6.21. The van der Waals surface area contributed by atoms with Crippen molar-refractivity contribution in [3.05, 3.63) is 23.8 Å². The van der Waals surface area contributed by atoms with E-state index in [0.29, 0.717) is 5.69 Å². The number of nitrogens with zero attached hydrogens (tertiary/aromatic N) is 2. The largest absolute Gasteiger partial charge is 0.377 e. The Balaban J connectivity index is 2.75. The van der Waals surface area contributed by atoms with E-state index < -0.39 is 15.3 Å². The molecule has 0 unspecified atom stereocenters. The molecule has 0 saturated heterocycles. The summed E-state index contributed by atoms with van der Waals surface area (Å²) in [5.74, 6) is 0. The summed E-state index contributed by atoms with van der Waals surface area (Å²) in [7, 11) is -3.66. The standard InChI is InChI=1S/C11H19N3O3S/c1-8(2)17-7-11(18(12,15)16)4-10-6-13-9(3)5-14-10/h5-6,8,11H,4,7H2,1-3H3,(H2,12,15,16)/t11-/m1/s1. The van der Waals surface area contributed by atoms with Gasteiger partial charge in [-0.3, -0.25) is 9.97 Å². The van der Waals surface area contributed by atoms with Crippen LogP contribution in [0.1, 0.15) is 25.2 Å². The van der Waals surface area contributed by atoms with Crippen LogP contribution in [0.25, 0.3) is 0 Å². The number of rotatable bonds is 6. The first-order valence-electron chi connectivity index (χ1n) is 5.69. The van der Waals surface area contributed by atoms with Crippen LogP contribution in [0.5, 0.6) is 0 Å². The number of aromatic nitrogens is 2. The summed E-state index contributed by atoms with van der Waals surface area (Å²) in [6.45, 7) is 5.56. The fourth-order valence-electron chi connectivity index (χ4n) is 1.33. The van der Waals surface area contributed by atoms with E-state index in [2.05, 4.69) is 9.97 Å². The van der Waals surface area contributed by atoms with Gasteiger partial charge < -0.3 is 4.74 Å². The summed E-state index contributed by atoms with van der Waals surface area (Å²) < 4.78 is 28.2. The molecule has 0 radical (unpaired) electrons. The van der Waals surface area contributed by atoms with E-state index in [0.717, 1.165) is 5.69 Å². The first-order chi connectivity index (χ1) is 8.29. The van der Waals surface area contributed by atoms with E-state index >= 15 is 0 Å². The van der Waals surface area contributed by atoms with Crippen molar-refractivity contribution in [1.82, 2.24) is 9.97 Å². The maximum Gasteiger partial charge on any atom is 0.214 e. The molecule has 0 aliphatic rings. The molecule has 0 bridgehead atoms. The first kappa shape index (κ1) is 15.0. The molecule has 1 aromatic rings. The van der Waals surface area contributed by atoms with Gasteiger partial charge in [-0.1, -0.05) is 0 Å². The minimum atomic E-state index is -3.66. The molecule has 18 heavy (non-hydrogen) atoms. The highest BCUT2D eigenvalue weighted by atomic mass is 32.2. The van der Waals surface area contributed by atoms with Gasteiger partial charge >= 0.3 is 0 Å². The molecule has 1 aromatic heterocycles. The Kier molecular flexibility index (Phi) is 5.18. The van der Waals surface area contributed by atoms with Gasteiger partial charge in [-0.15, -0.1) is 0 Å². The normalized spacial score (nSPS) is 13.8. The third-order valence-corrected chi connectivity index (χ3v) is 3.58. The Labute approximate surface area is 108 Å². The Morgan fingerprint density at radius 2 is 2.00 bits per heavy atom. The Morgan fingerprint density at radius 3 is 2.44 bits per heavy atom. The average molecular weight is 273 g/mol. The molecule has 0 saturated carbocycles. The highest BCUT2D eigenvalue weighted by Gasteiger charge is 2.23. The molecule has 1 rings (SSSR count).